The van der Waals surface area contributed by atoms with E-state index in [1.807, 2.05) is 69.2 Å². The largest absolute Gasteiger partial charge is 0.396 e. The third kappa shape index (κ3) is 24.4. The molecule has 0 aromatic rings. The Hall–Kier alpha value is -0.600. The molecule has 0 radical (unpaired) electrons. The van der Waals surface area contributed by atoms with Crippen LogP contribution in [0, 0.1) is 23.7 Å². The molecule has 0 heterocycles. The van der Waals surface area contributed by atoms with Gasteiger partial charge in [-0.15, -0.1) is 0 Å². The van der Waals surface area contributed by atoms with Crippen LogP contribution < -0.4 is 0 Å². The Kier molecular flexibility index (Phi) is 36.2. The smallest absolute Gasteiger partial charge is 0.0591 e. The number of hydrogen-bond donors (Lipinski definition) is 2. The van der Waals surface area contributed by atoms with Gasteiger partial charge in [0.2, 0.25) is 0 Å². The van der Waals surface area contributed by atoms with Crippen LogP contribution in [0.5, 0.6) is 0 Å². The van der Waals surface area contributed by atoms with Gasteiger partial charge in [-0.05, 0) is 89.4 Å². The maximum Gasteiger partial charge on any atom is 0.0591 e. The second-order valence-electron chi connectivity index (χ2n) is 10.9. The lowest BCUT2D eigenvalue weighted by Gasteiger charge is -2.28. The summed E-state index contributed by atoms with van der Waals surface area (Å²) in [6.45, 7) is 29.5. The summed E-state index contributed by atoms with van der Waals surface area (Å²) in [5.41, 5.74) is 2.42. The van der Waals surface area contributed by atoms with E-state index in [9.17, 15) is 10.2 Å². The maximum absolute atomic E-state index is 9.98. The average molecular weight is 541 g/mol. The Bertz CT molecular complexity index is 512. The Morgan fingerprint density at radius 3 is 2.05 bits per heavy atom. The number of aliphatic hydroxyl groups is 2. The van der Waals surface area contributed by atoms with Gasteiger partial charge in [-0.3, -0.25) is 0 Å². The van der Waals surface area contributed by atoms with Crippen molar-refractivity contribution < 1.29 is 10.2 Å². The van der Waals surface area contributed by atoms with E-state index in [0.717, 1.165) is 37.0 Å². The molecule has 0 aliphatic heterocycles. The first-order valence-electron chi connectivity index (χ1n) is 16.9. The second kappa shape index (κ2) is 30.9. The zero-order valence-corrected chi connectivity index (χ0v) is 29.1. The van der Waals surface area contributed by atoms with E-state index in [2.05, 4.69) is 39.8 Å². The highest BCUT2D eigenvalue weighted by Crippen LogP contribution is 2.39. The van der Waals surface area contributed by atoms with Crippen molar-refractivity contribution in [2.45, 2.75) is 180 Å². The lowest BCUT2D eigenvalue weighted by Crippen LogP contribution is -2.18. The standard InChI is InChI=1S/C28H52O2.4C2H6/c1-7-11-24(4)27-18-16-23(3)25(12-8-9-20-28(5,6)30)13-10-14-26(27)17-15-22(2)19-21-29;4*1-2/h15,17,23-25,27,29-30H,7-14,16,18-21H2,1-6H3;4*1-2H3/b22-15+,26-17-;;;;. The molecular formula is C36H76O2. The third-order valence-electron chi connectivity index (χ3n) is 7.39. The van der Waals surface area contributed by atoms with Crippen molar-refractivity contribution in [3.05, 3.63) is 23.3 Å². The van der Waals surface area contributed by atoms with Crippen molar-refractivity contribution >= 4 is 0 Å². The van der Waals surface area contributed by atoms with Gasteiger partial charge in [0, 0.05) is 6.61 Å². The van der Waals surface area contributed by atoms with E-state index >= 15 is 0 Å². The van der Waals surface area contributed by atoms with Gasteiger partial charge in [-0.1, -0.05) is 132 Å². The van der Waals surface area contributed by atoms with Crippen LogP contribution in [-0.2, 0) is 0 Å². The van der Waals surface area contributed by atoms with Gasteiger partial charge in [0.25, 0.3) is 0 Å². The molecule has 2 N–H and O–H groups in total. The topological polar surface area (TPSA) is 40.5 Å². The van der Waals surface area contributed by atoms with Crippen LogP contribution in [0.25, 0.3) is 0 Å². The van der Waals surface area contributed by atoms with E-state index < -0.39 is 5.60 Å². The molecule has 1 aliphatic rings. The molecule has 4 atom stereocenters. The molecule has 38 heavy (non-hydrogen) atoms. The van der Waals surface area contributed by atoms with Gasteiger partial charge in [-0.25, -0.2) is 0 Å². The summed E-state index contributed by atoms with van der Waals surface area (Å²) in [5.74, 6) is 3.09. The van der Waals surface area contributed by atoms with Crippen molar-refractivity contribution in [3.63, 3.8) is 0 Å². The van der Waals surface area contributed by atoms with Crippen LogP contribution in [0.1, 0.15) is 174 Å². The van der Waals surface area contributed by atoms with Crippen molar-refractivity contribution in [2.75, 3.05) is 6.61 Å². The van der Waals surface area contributed by atoms with Gasteiger partial charge in [0.05, 0.1) is 5.60 Å². The molecule has 0 saturated heterocycles. The van der Waals surface area contributed by atoms with Gasteiger partial charge < -0.3 is 10.2 Å². The molecule has 232 valence electrons. The summed E-state index contributed by atoms with van der Waals surface area (Å²) < 4.78 is 0. The first-order chi connectivity index (χ1) is 18.2. The SMILES string of the molecule is CC.CC.CC.CC.CCCC(C)C1CCC(C)C(CCCCC(C)(C)O)CCC/C1=C/C=C(\C)CCO. The number of rotatable bonds is 11. The molecule has 0 aromatic heterocycles. The number of unbranched alkanes of at least 4 members (excludes halogenated alkanes) is 1. The number of hydrogen-bond acceptors (Lipinski definition) is 2. The van der Waals surface area contributed by atoms with Crippen molar-refractivity contribution in [3.8, 4) is 0 Å². The highest BCUT2D eigenvalue weighted by atomic mass is 16.3. The van der Waals surface area contributed by atoms with Gasteiger partial charge in [-0.2, -0.15) is 0 Å². The molecule has 1 rings (SSSR count). The van der Waals surface area contributed by atoms with Crippen LogP contribution >= 0.6 is 0 Å². The van der Waals surface area contributed by atoms with E-state index in [4.69, 9.17) is 0 Å². The van der Waals surface area contributed by atoms with E-state index in [1.54, 1.807) is 5.57 Å². The summed E-state index contributed by atoms with van der Waals surface area (Å²) in [5, 5.41) is 19.2. The highest BCUT2D eigenvalue weighted by Gasteiger charge is 2.26. The van der Waals surface area contributed by atoms with Crippen LogP contribution in [0.4, 0.5) is 0 Å². The summed E-state index contributed by atoms with van der Waals surface area (Å²) in [6.07, 6.45) is 19.2. The lowest BCUT2D eigenvalue weighted by molar-refractivity contribution is 0.0673. The first kappa shape index (κ1) is 44.4. The Morgan fingerprint density at radius 2 is 1.55 bits per heavy atom. The fourth-order valence-electron chi connectivity index (χ4n) is 5.32. The Balaban J connectivity index is -0.000000656. The van der Waals surface area contributed by atoms with Crippen molar-refractivity contribution in [2.24, 2.45) is 23.7 Å². The fraction of sp³-hybridized carbons (Fsp3) is 0.889. The molecule has 0 spiro atoms. The van der Waals surface area contributed by atoms with Gasteiger partial charge in [0.1, 0.15) is 0 Å². The zero-order chi connectivity index (χ0) is 30.6. The molecule has 2 heteroatoms. The summed E-state index contributed by atoms with van der Waals surface area (Å²) in [4.78, 5) is 0. The predicted octanol–water partition coefficient (Wildman–Crippen LogP) is 11.9. The average Bonchev–Trinajstić information content (AvgIpc) is 2.99. The van der Waals surface area contributed by atoms with Crippen molar-refractivity contribution in [1.82, 2.24) is 0 Å². The van der Waals surface area contributed by atoms with E-state index in [0.29, 0.717) is 5.92 Å². The molecule has 0 aromatic carbocycles. The maximum atomic E-state index is 9.98. The van der Waals surface area contributed by atoms with Crippen LogP contribution in [0.15, 0.2) is 23.3 Å². The van der Waals surface area contributed by atoms with E-state index in [1.165, 1.54) is 63.4 Å². The van der Waals surface area contributed by atoms with Crippen LogP contribution in [0.3, 0.4) is 0 Å². The monoisotopic (exact) mass is 541 g/mol. The third-order valence-corrected chi connectivity index (χ3v) is 7.39. The molecule has 2 nitrogen and oxygen atoms in total. The minimum Gasteiger partial charge on any atom is -0.396 e. The second-order valence-corrected chi connectivity index (χ2v) is 10.9. The van der Waals surface area contributed by atoms with Crippen LogP contribution in [0.2, 0.25) is 0 Å². The molecule has 1 aliphatic carbocycles. The fourth-order valence-corrected chi connectivity index (χ4v) is 5.32. The van der Waals surface area contributed by atoms with Crippen LogP contribution in [-0.4, -0.2) is 22.4 Å². The summed E-state index contributed by atoms with van der Waals surface area (Å²) in [6, 6.07) is 0. The normalized spacial score (nSPS) is 21.8. The Labute approximate surface area is 243 Å². The highest BCUT2D eigenvalue weighted by molar-refractivity contribution is 5.20. The van der Waals surface area contributed by atoms with Gasteiger partial charge in [0.15, 0.2) is 0 Å². The summed E-state index contributed by atoms with van der Waals surface area (Å²) in [7, 11) is 0. The minimum absolute atomic E-state index is 0.244. The molecule has 0 amide bonds. The van der Waals surface area contributed by atoms with Gasteiger partial charge >= 0.3 is 0 Å². The summed E-state index contributed by atoms with van der Waals surface area (Å²) >= 11 is 0. The molecule has 1 fully saturated rings. The lowest BCUT2D eigenvalue weighted by atomic mass is 9.78. The molecule has 4 unspecified atom stereocenters. The predicted molar refractivity (Wildman–Crippen MR) is 177 cm³/mol. The molecule has 1 saturated carbocycles. The quantitative estimate of drug-likeness (QED) is 0.256. The number of allylic oxidation sites excluding steroid dienone is 3. The van der Waals surface area contributed by atoms with Crippen molar-refractivity contribution in [1.29, 1.82) is 0 Å². The first-order valence-corrected chi connectivity index (χ1v) is 16.9. The number of aliphatic hydroxyl groups excluding tert-OH is 1. The molecule has 0 bridgehead atoms. The minimum atomic E-state index is -0.520. The Morgan fingerprint density at radius 1 is 0.974 bits per heavy atom. The molecular weight excluding hydrogens is 464 g/mol. The zero-order valence-electron chi connectivity index (χ0n) is 29.1. The van der Waals surface area contributed by atoms with E-state index in [-0.39, 0.29) is 6.61 Å².